The molecule has 2 bridgehead atoms. The number of benzene rings is 1. The molecule has 2 saturated heterocycles. The average Bonchev–Trinajstić information content (AvgIpc) is 2.81. The van der Waals surface area contributed by atoms with E-state index in [1.807, 2.05) is 51.1 Å². The molecule has 0 radical (unpaired) electrons. The molecule has 0 saturated carbocycles. The van der Waals surface area contributed by atoms with Crippen LogP contribution in [-0.2, 0) is 25.6 Å². The van der Waals surface area contributed by atoms with Crippen LogP contribution in [0.15, 0.2) is 30.3 Å². The minimum absolute atomic E-state index is 0.0507. The molecule has 3 rings (SSSR count). The molecule has 1 N–H and O–H groups in total. The number of hydrogen-bond acceptors (Lipinski definition) is 5. The second-order valence-electron chi connectivity index (χ2n) is 6.97. The maximum absolute atomic E-state index is 12.2. The Morgan fingerprint density at radius 2 is 2.04 bits per heavy atom. The zero-order valence-electron chi connectivity index (χ0n) is 14.4. The molecule has 132 valence electrons. The maximum atomic E-state index is 12.2. The van der Waals surface area contributed by atoms with Crippen molar-refractivity contribution in [3.63, 3.8) is 0 Å². The maximum Gasteiger partial charge on any atom is 0.407 e. The summed E-state index contributed by atoms with van der Waals surface area (Å²) in [6, 6.07) is 9.09. The van der Waals surface area contributed by atoms with E-state index >= 15 is 0 Å². The quantitative estimate of drug-likeness (QED) is 0.896. The predicted molar refractivity (Wildman–Crippen MR) is 87.1 cm³/mol. The van der Waals surface area contributed by atoms with Gasteiger partial charge in [0.05, 0.1) is 18.8 Å². The number of hydrogen-bond donors (Lipinski definition) is 1. The molecule has 2 unspecified atom stereocenters. The van der Waals surface area contributed by atoms with Gasteiger partial charge in [-0.25, -0.2) is 4.79 Å². The topological polar surface area (TPSA) is 66.0 Å². The Morgan fingerprint density at radius 1 is 1.29 bits per heavy atom. The number of rotatable bonds is 5. The van der Waals surface area contributed by atoms with Crippen molar-refractivity contribution in [1.82, 2.24) is 5.32 Å². The molecule has 0 spiro atoms. The Morgan fingerprint density at radius 3 is 2.75 bits per heavy atom. The average molecular weight is 335 g/mol. The van der Waals surface area contributed by atoms with Crippen LogP contribution >= 0.6 is 0 Å². The van der Waals surface area contributed by atoms with Crippen LogP contribution in [0.4, 0.5) is 4.79 Å². The van der Waals surface area contributed by atoms with Crippen LogP contribution in [0.25, 0.3) is 0 Å². The predicted octanol–water partition coefficient (Wildman–Crippen LogP) is 2.82. The van der Waals surface area contributed by atoms with E-state index < -0.39 is 18.1 Å². The highest BCUT2D eigenvalue weighted by atomic mass is 16.9. The van der Waals surface area contributed by atoms with E-state index in [0.717, 1.165) is 12.0 Å². The second kappa shape index (κ2) is 6.70. The molecule has 2 aliphatic heterocycles. The molecule has 1 aromatic carbocycles. The first-order chi connectivity index (χ1) is 11.4. The minimum atomic E-state index is -1.23. The normalized spacial score (nSPS) is 30.2. The second-order valence-corrected chi connectivity index (χ2v) is 6.97. The van der Waals surface area contributed by atoms with E-state index in [1.165, 1.54) is 0 Å². The van der Waals surface area contributed by atoms with Crippen LogP contribution in [0.3, 0.4) is 0 Å². The van der Waals surface area contributed by atoms with E-state index in [-0.39, 0.29) is 18.1 Å². The molecule has 0 aromatic heterocycles. The van der Waals surface area contributed by atoms with Crippen LogP contribution in [0, 0.1) is 5.92 Å². The fourth-order valence-corrected chi connectivity index (χ4v) is 3.06. The molecule has 2 heterocycles. The summed E-state index contributed by atoms with van der Waals surface area (Å²) >= 11 is 0. The number of nitrogens with one attached hydrogen (secondary N) is 1. The van der Waals surface area contributed by atoms with Crippen molar-refractivity contribution >= 4 is 6.09 Å². The summed E-state index contributed by atoms with van der Waals surface area (Å²) in [5, 5.41) is 2.86. The highest BCUT2D eigenvalue weighted by molar-refractivity contribution is 5.67. The summed E-state index contributed by atoms with van der Waals surface area (Å²) in [7, 11) is 0. The fraction of sp³-hybridized carbons (Fsp3) is 0.611. The van der Waals surface area contributed by atoms with Gasteiger partial charge in [-0.1, -0.05) is 44.2 Å². The number of fused-ring (bicyclic) bond motifs is 2. The zero-order chi connectivity index (χ0) is 17.2. The van der Waals surface area contributed by atoms with Crippen LogP contribution in [0.2, 0.25) is 0 Å². The molecular formula is C18H25NO5. The lowest BCUT2D eigenvalue weighted by Crippen LogP contribution is -2.60. The molecule has 1 aromatic rings. The Bertz CT molecular complexity index is 578. The molecule has 1 amide bonds. The van der Waals surface area contributed by atoms with E-state index in [1.54, 1.807) is 0 Å². The van der Waals surface area contributed by atoms with Crippen molar-refractivity contribution < 1.29 is 23.7 Å². The van der Waals surface area contributed by atoms with Crippen molar-refractivity contribution in [3.05, 3.63) is 35.9 Å². The van der Waals surface area contributed by atoms with Gasteiger partial charge < -0.3 is 24.3 Å². The van der Waals surface area contributed by atoms with Gasteiger partial charge in [0.15, 0.2) is 0 Å². The van der Waals surface area contributed by atoms with Crippen molar-refractivity contribution in [2.75, 3.05) is 13.2 Å². The third-order valence-corrected chi connectivity index (χ3v) is 4.44. The fourth-order valence-electron chi connectivity index (χ4n) is 3.06. The SMILES string of the molecule is CC(C)[C@H](NC(=O)OCc1ccccc1)C12OCCC(C)(CO1)O2. The minimum Gasteiger partial charge on any atom is -0.445 e. The number of amides is 1. The molecular weight excluding hydrogens is 310 g/mol. The van der Waals surface area contributed by atoms with Gasteiger partial charge in [-0.2, -0.15) is 0 Å². The lowest BCUT2D eigenvalue weighted by Gasteiger charge is -2.41. The Hall–Kier alpha value is -1.63. The third-order valence-electron chi connectivity index (χ3n) is 4.44. The molecule has 6 nitrogen and oxygen atoms in total. The Kier molecular flexibility index (Phi) is 4.80. The number of carbonyl (C=O) groups excluding carboxylic acids is 1. The summed E-state index contributed by atoms with van der Waals surface area (Å²) < 4.78 is 23.0. The van der Waals surface area contributed by atoms with Gasteiger partial charge in [-0.3, -0.25) is 0 Å². The summed E-state index contributed by atoms with van der Waals surface area (Å²) in [5.41, 5.74) is 0.572. The van der Waals surface area contributed by atoms with Crippen molar-refractivity contribution in [2.24, 2.45) is 5.92 Å². The largest absolute Gasteiger partial charge is 0.445 e. The van der Waals surface area contributed by atoms with Crippen molar-refractivity contribution in [3.8, 4) is 0 Å². The molecule has 24 heavy (non-hydrogen) atoms. The van der Waals surface area contributed by atoms with Crippen LogP contribution in [-0.4, -0.2) is 36.9 Å². The number of alkyl carbamates (subject to hydrolysis) is 1. The van der Waals surface area contributed by atoms with E-state index in [4.69, 9.17) is 18.9 Å². The summed E-state index contributed by atoms with van der Waals surface area (Å²) in [6.45, 7) is 7.18. The summed E-state index contributed by atoms with van der Waals surface area (Å²) in [5.74, 6) is -1.18. The lowest BCUT2D eigenvalue weighted by molar-refractivity contribution is -0.381. The first kappa shape index (κ1) is 17.2. The lowest BCUT2D eigenvalue weighted by atomic mass is 10.00. The smallest absolute Gasteiger partial charge is 0.407 e. The first-order valence-electron chi connectivity index (χ1n) is 8.38. The van der Waals surface area contributed by atoms with Gasteiger partial charge in [0.2, 0.25) is 0 Å². The van der Waals surface area contributed by atoms with Crippen molar-refractivity contribution in [2.45, 2.75) is 51.4 Å². The molecule has 3 atom stereocenters. The van der Waals surface area contributed by atoms with Gasteiger partial charge in [0.25, 0.3) is 0 Å². The van der Waals surface area contributed by atoms with Gasteiger partial charge in [-0.05, 0) is 18.4 Å². The summed E-state index contributed by atoms with van der Waals surface area (Å²) in [6.07, 6.45) is 0.264. The van der Waals surface area contributed by atoms with E-state index in [0.29, 0.717) is 13.2 Å². The highest BCUT2D eigenvalue weighted by Crippen LogP contribution is 2.42. The number of ether oxygens (including phenoxy) is 4. The standard InChI is InChI=1S/C18H25NO5/c1-13(2)15(18-22-10-9-17(3,24-18)12-23-18)19-16(20)21-11-14-7-5-4-6-8-14/h4-8,13,15H,9-12H2,1-3H3,(H,19,20)/t15-,17?,18?/m0/s1. The molecule has 2 fully saturated rings. The van der Waals surface area contributed by atoms with Crippen molar-refractivity contribution in [1.29, 1.82) is 0 Å². The van der Waals surface area contributed by atoms with Crippen LogP contribution < -0.4 is 5.32 Å². The molecule has 0 aliphatic carbocycles. The Labute approximate surface area is 142 Å². The number of carbonyl (C=O) groups is 1. The van der Waals surface area contributed by atoms with Gasteiger partial charge in [0.1, 0.15) is 12.6 Å². The van der Waals surface area contributed by atoms with E-state index in [9.17, 15) is 4.79 Å². The van der Waals surface area contributed by atoms with Crippen LogP contribution in [0.1, 0.15) is 32.8 Å². The van der Waals surface area contributed by atoms with Crippen LogP contribution in [0.5, 0.6) is 0 Å². The Balaban J connectivity index is 1.63. The molecule has 6 heteroatoms. The van der Waals surface area contributed by atoms with E-state index in [2.05, 4.69) is 5.32 Å². The van der Waals surface area contributed by atoms with Gasteiger partial charge >= 0.3 is 12.1 Å². The highest BCUT2D eigenvalue weighted by Gasteiger charge is 2.58. The third kappa shape index (κ3) is 3.55. The zero-order valence-corrected chi connectivity index (χ0v) is 14.4. The summed E-state index contributed by atoms with van der Waals surface area (Å²) in [4.78, 5) is 12.2. The molecule has 2 aliphatic rings. The van der Waals surface area contributed by atoms with Gasteiger partial charge in [-0.15, -0.1) is 0 Å². The first-order valence-corrected chi connectivity index (χ1v) is 8.38. The van der Waals surface area contributed by atoms with Gasteiger partial charge in [0, 0.05) is 6.42 Å². The monoisotopic (exact) mass is 335 g/mol.